The van der Waals surface area contributed by atoms with Gasteiger partial charge in [0.05, 0.1) is 11.6 Å². The summed E-state index contributed by atoms with van der Waals surface area (Å²) in [6, 6.07) is 12.0. The van der Waals surface area contributed by atoms with Crippen molar-refractivity contribution in [2.45, 2.75) is 46.2 Å². The number of anilines is 1. The minimum Gasteiger partial charge on any atom is -0.490 e. The highest BCUT2D eigenvalue weighted by molar-refractivity contribution is 6.32. The number of likely N-dealkylation sites (tertiary alicyclic amines) is 1. The van der Waals surface area contributed by atoms with Gasteiger partial charge in [-0.1, -0.05) is 36.2 Å². The van der Waals surface area contributed by atoms with Crippen LogP contribution in [0.5, 0.6) is 11.5 Å². The summed E-state index contributed by atoms with van der Waals surface area (Å²) in [6.45, 7) is 10.4. The van der Waals surface area contributed by atoms with E-state index in [1.807, 2.05) is 50.2 Å². The first kappa shape index (κ1) is 24.4. The van der Waals surface area contributed by atoms with E-state index in [1.54, 1.807) is 0 Å². The van der Waals surface area contributed by atoms with Gasteiger partial charge >= 0.3 is 0 Å². The molecule has 1 heterocycles. The van der Waals surface area contributed by atoms with E-state index >= 15 is 0 Å². The lowest BCUT2D eigenvalue weighted by Gasteiger charge is -2.23. The van der Waals surface area contributed by atoms with E-state index in [4.69, 9.17) is 21.1 Å². The van der Waals surface area contributed by atoms with Crippen molar-refractivity contribution in [2.24, 2.45) is 0 Å². The Labute approximate surface area is 196 Å². The lowest BCUT2D eigenvalue weighted by Crippen LogP contribution is -2.37. The number of amides is 1. The number of ether oxygens (including phenoxy) is 2. The topological polar surface area (TPSA) is 62.8 Å². The number of benzene rings is 2. The first-order valence-corrected chi connectivity index (χ1v) is 11.8. The number of likely N-dealkylation sites (N-methyl/N-ethyl adjacent to an activating group) is 1. The molecule has 32 heavy (non-hydrogen) atoms. The van der Waals surface area contributed by atoms with Gasteiger partial charge in [0.1, 0.15) is 0 Å². The van der Waals surface area contributed by atoms with Crippen molar-refractivity contribution in [2.75, 3.05) is 38.2 Å². The van der Waals surface area contributed by atoms with E-state index in [9.17, 15) is 4.79 Å². The van der Waals surface area contributed by atoms with Crippen molar-refractivity contribution in [3.63, 3.8) is 0 Å². The number of nitrogens with one attached hydrogen (secondary N) is 2. The molecule has 6 nitrogen and oxygen atoms in total. The number of carbonyl (C=O) groups is 1. The van der Waals surface area contributed by atoms with E-state index < -0.39 is 0 Å². The zero-order valence-corrected chi connectivity index (χ0v) is 20.0. The highest BCUT2D eigenvalue weighted by Gasteiger charge is 2.22. The van der Waals surface area contributed by atoms with Crippen LogP contribution in [0, 0.1) is 6.92 Å². The van der Waals surface area contributed by atoms with Gasteiger partial charge in [0, 0.05) is 24.8 Å². The molecule has 0 unspecified atom stereocenters. The fourth-order valence-electron chi connectivity index (χ4n) is 4.02. The Kier molecular flexibility index (Phi) is 9.21. The summed E-state index contributed by atoms with van der Waals surface area (Å²) in [5.41, 5.74) is 2.88. The summed E-state index contributed by atoms with van der Waals surface area (Å²) in [7, 11) is 0. The smallest absolute Gasteiger partial charge is 0.262 e. The molecule has 174 valence electrons. The normalized spacial score (nSPS) is 16.2. The Bertz CT molecular complexity index is 889. The maximum Gasteiger partial charge on any atom is 0.262 e. The molecular formula is C25H34ClN3O3. The molecule has 1 aliphatic heterocycles. The van der Waals surface area contributed by atoms with Gasteiger partial charge in [-0.2, -0.15) is 0 Å². The van der Waals surface area contributed by atoms with E-state index in [-0.39, 0.29) is 12.5 Å². The highest BCUT2D eigenvalue weighted by Crippen LogP contribution is 2.36. The first-order valence-electron chi connectivity index (χ1n) is 11.4. The number of hydrogen-bond acceptors (Lipinski definition) is 5. The molecule has 2 aromatic rings. The number of carbonyl (C=O) groups excluding carboxylic acids is 1. The van der Waals surface area contributed by atoms with Crippen molar-refractivity contribution in [1.29, 1.82) is 0 Å². The highest BCUT2D eigenvalue weighted by atomic mass is 35.5. The predicted molar refractivity (Wildman–Crippen MR) is 130 cm³/mol. The van der Waals surface area contributed by atoms with Crippen LogP contribution in [0.15, 0.2) is 36.4 Å². The van der Waals surface area contributed by atoms with Crippen molar-refractivity contribution < 1.29 is 14.3 Å². The van der Waals surface area contributed by atoms with Crippen LogP contribution in [0.4, 0.5) is 5.69 Å². The zero-order chi connectivity index (χ0) is 22.9. The number of halogens is 1. The van der Waals surface area contributed by atoms with Crippen LogP contribution in [0.1, 0.15) is 37.8 Å². The largest absolute Gasteiger partial charge is 0.490 e. The molecule has 1 saturated heterocycles. The van der Waals surface area contributed by atoms with Gasteiger partial charge in [-0.3, -0.25) is 9.69 Å². The van der Waals surface area contributed by atoms with Crippen LogP contribution in [-0.2, 0) is 11.3 Å². The minimum absolute atomic E-state index is 0.153. The molecule has 2 N–H and O–H groups in total. The maximum atomic E-state index is 12.3. The molecule has 0 spiro atoms. The van der Waals surface area contributed by atoms with Gasteiger partial charge in [0.15, 0.2) is 18.1 Å². The fourth-order valence-corrected chi connectivity index (χ4v) is 4.31. The summed E-state index contributed by atoms with van der Waals surface area (Å²) in [5.74, 6) is 0.690. The lowest BCUT2D eigenvalue weighted by atomic mass is 10.1. The van der Waals surface area contributed by atoms with Crippen molar-refractivity contribution in [3.8, 4) is 11.5 Å². The van der Waals surface area contributed by atoms with Gasteiger partial charge in [0.2, 0.25) is 0 Å². The number of hydrogen-bond donors (Lipinski definition) is 2. The fraction of sp³-hybridized carbons (Fsp3) is 0.480. The molecule has 1 atom stereocenters. The summed E-state index contributed by atoms with van der Waals surface area (Å²) in [6.07, 6.45) is 2.51. The summed E-state index contributed by atoms with van der Waals surface area (Å²) < 4.78 is 11.5. The average Bonchev–Trinajstić information content (AvgIpc) is 3.22. The molecule has 0 aliphatic carbocycles. The molecule has 2 aromatic carbocycles. The zero-order valence-electron chi connectivity index (χ0n) is 19.2. The van der Waals surface area contributed by atoms with Gasteiger partial charge in [-0.25, -0.2) is 0 Å². The van der Waals surface area contributed by atoms with E-state index in [2.05, 4.69) is 22.5 Å². The van der Waals surface area contributed by atoms with E-state index in [0.29, 0.717) is 35.7 Å². The average molecular weight is 460 g/mol. The molecule has 3 rings (SSSR count). The Morgan fingerprint density at radius 2 is 1.97 bits per heavy atom. The number of rotatable bonds is 11. The summed E-state index contributed by atoms with van der Waals surface area (Å²) in [4.78, 5) is 14.8. The van der Waals surface area contributed by atoms with Gasteiger partial charge in [0.25, 0.3) is 5.91 Å². The minimum atomic E-state index is -0.254. The Balaban J connectivity index is 1.58. The van der Waals surface area contributed by atoms with Crippen LogP contribution in [0.25, 0.3) is 0 Å². The third-order valence-electron chi connectivity index (χ3n) is 5.67. The molecule has 7 heteroatoms. The monoisotopic (exact) mass is 459 g/mol. The Hall–Kier alpha value is -2.28. The quantitative estimate of drug-likeness (QED) is 0.512. The van der Waals surface area contributed by atoms with Gasteiger partial charge in [-0.05, 0) is 69.6 Å². The molecule has 1 fully saturated rings. The van der Waals surface area contributed by atoms with E-state index in [0.717, 1.165) is 29.9 Å². The molecular weight excluding hydrogens is 426 g/mol. The molecule has 0 radical (unpaired) electrons. The second-order valence-electron chi connectivity index (χ2n) is 8.10. The standard InChI is InChI=1S/C25H34ClN3O3/c1-4-29-12-6-7-21(29)16-27-15-19-13-22(26)25(23(14-19)31-5-2)32-17-24(30)28-20-10-8-18(3)9-11-20/h8-11,13-14,21,27H,4-7,12,15-17H2,1-3H3,(H,28,30)/t21-/m0/s1. The van der Waals surface area contributed by atoms with Crippen molar-refractivity contribution in [3.05, 3.63) is 52.5 Å². The van der Waals surface area contributed by atoms with Crippen molar-refractivity contribution >= 4 is 23.2 Å². The van der Waals surface area contributed by atoms with Crippen LogP contribution >= 0.6 is 11.6 Å². The molecule has 1 aliphatic rings. The molecule has 0 aromatic heterocycles. The second-order valence-corrected chi connectivity index (χ2v) is 8.50. The summed E-state index contributed by atoms with van der Waals surface area (Å²) >= 11 is 6.51. The Morgan fingerprint density at radius 3 is 2.69 bits per heavy atom. The third kappa shape index (κ3) is 6.86. The molecule has 0 bridgehead atoms. The van der Waals surface area contributed by atoms with Crippen LogP contribution < -0.4 is 20.1 Å². The number of nitrogens with zero attached hydrogens (tertiary/aromatic N) is 1. The first-order chi connectivity index (χ1) is 15.5. The van der Waals surface area contributed by atoms with Crippen LogP contribution in [0.3, 0.4) is 0 Å². The van der Waals surface area contributed by atoms with Gasteiger partial charge in [-0.15, -0.1) is 0 Å². The van der Waals surface area contributed by atoms with Gasteiger partial charge < -0.3 is 20.1 Å². The number of aryl methyl sites for hydroxylation is 1. The summed E-state index contributed by atoms with van der Waals surface area (Å²) in [5, 5.41) is 6.80. The SMILES string of the molecule is CCOc1cc(CNC[C@@H]2CCCN2CC)cc(Cl)c1OCC(=O)Nc1ccc(C)cc1. The van der Waals surface area contributed by atoms with Crippen LogP contribution in [-0.4, -0.2) is 49.7 Å². The molecule has 1 amide bonds. The van der Waals surface area contributed by atoms with Crippen LogP contribution in [0.2, 0.25) is 5.02 Å². The predicted octanol–water partition coefficient (Wildman–Crippen LogP) is 4.64. The van der Waals surface area contributed by atoms with Crippen molar-refractivity contribution in [1.82, 2.24) is 10.2 Å². The lowest BCUT2D eigenvalue weighted by molar-refractivity contribution is -0.118. The van der Waals surface area contributed by atoms with E-state index in [1.165, 1.54) is 19.4 Å². The maximum absolute atomic E-state index is 12.3. The molecule has 0 saturated carbocycles. The Morgan fingerprint density at radius 1 is 1.19 bits per heavy atom. The third-order valence-corrected chi connectivity index (χ3v) is 5.95. The second kappa shape index (κ2) is 12.1.